The number of hydrogen-bond donors (Lipinski definition) is 0. The normalized spacial score (nSPS) is 12.0. The van der Waals surface area contributed by atoms with E-state index in [9.17, 15) is 16.8 Å². The van der Waals surface area contributed by atoms with E-state index in [0.29, 0.717) is 32.3 Å². The smallest absolute Gasteiger partial charge is 0.208 e. The van der Waals surface area contributed by atoms with Crippen LogP contribution in [0.2, 0.25) is 10.0 Å². The van der Waals surface area contributed by atoms with Crippen LogP contribution in [-0.4, -0.2) is 16.8 Å². The fourth-order valence-corrected chi connectivity index (χ4v) is 8.36. The Labute approximate surface area is 209 Å². The van der Waals surface area contributed by atoms with Gasteiger partial charge in [0.1, 0.15) is 0 Å². The third kappa shape index (κ3) is 4.39. The zero-order valence-electron chi connectivity index (χ0n) is 18.3. The Kier molecular flexibility index (Phi) is 6.62. The van der Waals surface area contributed by atoms with Crippen LogP contribution in [0.15, 0.2) is 105 Å². The molecule has 8 heteroatoms. The zero-order chi connectivity index (χ0) is 24.7. The molecule has 174 valence electrons. The largest absolute Gasteiger partial charge is 0.218 e. The van der Waals surface area contributed by atoms with Gasteiger partial charge in [-0.3, -0.25) is 0 Å². The van der Waals surface area contributed by atoms with Gasteiger partial charge in [0.25, 0.3) is 0 Å². The van der Waals surface area contributed by atoms with Crippen LogP contribution < -0.4 is 0 Å². The van der Waals surface area contributed by atoms with Gasteiger partial charge in [0.2, 0.25) is 19.7 Å². The van der Waals surface area contributed by atoms with E-state index in [0.717, 1.165) is 0 Å². The van der Waals surface area contributed by atoms with Gasteiger partial charge in [0, 0.05) is 15.6 Å². The maximum atomic E-state index is 14.1. The summed E-state index contributed by atoms with van der Waals surface area (Å²) in [5, 5.41) is 0.775. The summed E-state index contributed by atoms with van der Waals surface area (Å²) in [4.78, 5) is -0.592. The van der Waals surface area contributed by atoms with Crippen molar-refractivity contribution < 1.29 is 16.8 Å². The number of aryl methyl sites for hydroxylation is 2. The summed E-state index contributed by atoms with van der Waals surface area (Å²) in [6, 6.07) is 22.1. The highest BCUT2D eigenvalue weighted by molar-refractivity contribution is 7.94. The average molecular weight is 531 g/mol. The predicted molar refractivity (Wildman–Crippen MR) is 135 cm³/mol. The van der Waals surface area contributed by atoms with Gasteiger partial charge in [-0.05, 0) is 73.0 Å². The molecule has 0 aliphatic rings. The number of rotatable bonds is 5. The Morgan fingerprint density at radius 3 is 1.62 bits per heavy atom. The van der Waals surface area contributed by atoms with Crippen molar-refractivity contribution in [3.8, 4) is 11.1 Å². The summed E-state index contributed by atoms with van der Waals surface area (Å²) >= 11 is 12.1. The minimum atomic E-state index is -4.27. The molecule has 0 aromatic heterocycles. The first kappa shape index (κ1) is 24.5. The van der Waals surface area contributed by atoms with Crippen molar-refractivity contribution >= 4 is 42.9 Å². The van der Waals surface area contributed by atoms with Gasteiger partial charge in [0.15, 0.2) is 0 Å². The van der Waals surface area contributed by atoms with Crippen LogP contribution in [0, 0.1) is 13.8 Å². The molecule has 4 aromatic carbocycles. The van der Waals surface area contributed by atoms with E-state index < -0.39 is 19.7 Å². The topological polar surface area (TPSA) is 68.3 Å². The van der Waals surface area contributed by atoms with Gasteiger partial charge in [-0.15, -0.1) is 0 Å². The molecular formula is C26H20Cl2O4S2. The third-order valence-corrected chi connectivity index (χ3v) is 10.0. The fourth-order valence-electron chi connectivity index (χ4n) is 3.91. The summed E-state index contributed by atoms with van der Waals surface area (Å²) in [7, 11) is -8.50. The second-order valence-electron chi connectivity index (χ2n) is 7.83. The standard InChI is InChI=1S/C26H20Cl2O4S2/c1-17-15-20(27)11-13-23(17)33(29,30)25-10-6-9-22(19-7-4-3-5-8-19)26(25)34(31,32)24-14-12-21(28)16-18(24)2/h3-16H,1-2H3. The van der Waals surface area contributed by atoms with Crippen molar-refractivity contribution in [3.63, 3.8) is 0 Å². The molecule has 4 rings (SSSR count). The fraction of sp³-hybridized carbons (Fsp3) is 0.0769. The molecule has 4 nitrogen and oxygen atoms in total. The number of sulfone groups is 2. The minimum absolute atomic E-state index is 0.00797. The Balaban J connectivity index is 2.11. The molecular weight excluding hydrogens is 511 g/mol. The lowest BCUT2D eigenvalue weighted by atomic mass is 10.1. The van der Waals surface area contributed by atoms with E-state index in [1.807, 2.05) is 0 Å². The first-order valence-electron chi connectivity index (χ1n) is 10.2. The molecule has 0 bridgehead atoms. The van der Waals surface area contributed by atoms with Gasteiger partial charge in [-0.25, -0.2) is 16.8 Å². The maximum absolute atomic E-state index is 14.1. The lowest BCUT2D eigenvalue weighted by molar-refractivity contribution is 0.582. The number of halogens is 2. The van der Waals surface area contributed by atoms with Gasteiger partial charge < -0.3 is 0 Å². The van der Waals surface area contributed by atoms with Crippen LogP contribution in [0.5, 0.6) is 0 Å². The quantitative estimate of drug-likeness (QED) is 0.280. The second-order valence-corrected chi connectivity index (χ2v) is 12.4. The monoisotopic (exact) mass is 530 g/mol. The summed E-state index contributed by atoms with van der Waals surface area (Å²) in [6.07, 6.45) is 0. The molecule has 0 saturated heterocycles. The van der Waals surface area contributed by atoms with E-state index >= 15 is 0 Å². The predicted octanol–water partition coefficient (Wildman–Crippen LogP) is 6.94. The molecule has 0 aliphatic carbocycles. The Bertz CT molecular complexity index is 1610. The van der Waals surface area contributed by atoms with Crippen LogP contribution in [0.3, 0.4) is 0 Å². The first-order valence-corrected chi connectivity index (χ1v) is 14.0. The van der Waals surface area contributed by atoms with Crippen molar-refractivity contribution in [2.24, 2.45) is 0 Å². The van der Waals surface area contributed by atoms with Crippen molar-refractivity contribution in [2.75, 3.05) is 0 Å². The molecule has 0 aliphatic heterocycles. The Morgan fingerprint density at radius 2 is 1.09 bits per heavy atom. The maximum Gasteiger partial charge on any atom is 0.208 e. The van der Waals surface area contributed by atoms with Gasteiger partial charge in [-0.1, -0.05) is 65.7 Å². The number of benzene rings is 4. The highest BCUT2D eigenvalue weighted by atomic mass is 35.5. The molecule has 0 atom stereocenters. The minimum Gasteiger partial charge on any atom is -0.218 e. The average Bonchev–Trinajstić information content (AvgIpc) is 2.78. The Hall–Kier alpha value is -2.64. The summed E-state index contributed by atoms with van der Waals surface area (Å²) in [6.45, 7) is 3.25. The van der Waals surface area contributed by atoms with Crippen LogP contribution in [0.1, 0.15) is 11.1 Å². The molecule has 0 spiro atoms. The van der Waals surface area contributed by atoms with Crippen LogP contribution in [0.25, 0.3) is 11.1 Å². The zero-order valence-corrected chi connectivity index (χ0v) is 21.4. The molecule has 34 heavy (non-hydrogen) atoms. The molecule has 0 heterocycles. The van der Waals surface area contributed by atoms with Crippen LogP contribution >= 0.6 is 23.2 Å². The molecule has 0 unspecified atom stereocenters. The van der Waals surface area contributed by atoms with Crippen molar-refractivity contribution in [3.05, 3.63) is 106 Å². The van der Waals surface area contributed by atoms with Crippen molar-refractivity contribution in [1.29, 1.82) is 0 Å². The summed E-state index contributed by atoms with van der Waals surface area (Å²) in [5.74, 6) is 0. The first-order chi connectivity index (χ1) is 16.0. The SMILES string of the molecule is Cc1cc(Cl)ccc1S(=O)(=O)c1cccc(-c2ccccc2)c1S(=O)(=O)c1ccc(Cl)cc1C. The molecule has 0 fully saturated rings. The summed E-state index contributed by atoms with van der Waals surface area (Å²) < 4.78 is 55.9. The van der Waals surface area contributed by atoms with Crippen molar-refractivity contribution in [1.82, 2.24) is 0 Å². The van der Waals surface area contributed by atoms with Crippen LogP contribution in [0.4, 0.5) is 0 Å². The van der Waals surface area contributed by atoms with Crippen LogP contribution in [-0.2, 0) is 19.7 Å². The summed E-state index contributed by atoms with van der Waals surface area (Å²) in [5.41, 5.74) is 1.71. The van der Waals surface area contributed by atoms with Crippen molar-refractivity contribution in [2.45, 2.75) is 33.4 Å². The highest BCUT2D eigenvalue weighted by Crippen LogP contribution is 2.40. The third-order valence-electron chi connectivity index (χ3n) is 5.47. The lowest BCUT2D eigenvalue weighted by Gasteiger charge is -2.18. The van der Waals surface area contributed by atoms with E-state index in [1.165, 1.54) is 42.5 Å². The molecule has 0 radical (unpaired) electrons. The van der Waals surface area contributed by atoms with E-state index in [-0.39, 0.29) is 19.6 Å². The second kappa shape index (κ2) is 9.19. The van der Waals surface area contributed by atoms with Gasteiger partial charge in [0.05, 0.1) is 19.6 Å². The van der Waals surface area contributed by atoms with E-state index in [4.69, 9.17) is 23.2 Å². The Morgan fingerprint density at radius 1 is 0.559 bits per heavy atom. The van der Waals surface area contributed by atoms with Gasteiger partial charge >= 0.3 is 0 Å². The number of hydrogen-bond acceptors (Lipinski definition) is 4. The highest BCUT2D eigenvalue weighted by Gasteiger charge is 2.33. The molecule has 4 aromatic rings. The molecule has 0 amide bonds. The van der Waals surface area contributed by atoms with E-state index in [2.05, 4.69) is 0 Å². The lowest BCUT2D eigenvalue weighted by Crippen LogP contribution is -2.14. The van der Waals surface area contributed by atoms with E-state index in [1.54, 1.807) is 56.3 Å². The molecule has 0 N–H and O–H groups in total. The van der Waals surface area contributed by atoms with Gasteiger partial charge in [-0.2, -0.15) is 0 Å². The molecule has 0 saturated carbocycles.